The molecule has 1 atom stereocenters. The van der Waals surface area contributed by atoms with E-state index in [1.54, 1.807) is 43.5 Å². The number of nitrogens with zero attached hydrogens (tertiary/aromatic N) is 2. The van der Waals surface area contributed by atoms with Gasteiger partial charge in [-0.2, -0.15) is 0 Å². The standard InChI is InChI=1S/C38H45N3O5S/c1-27-17-20-33(21-18-27)47(44,45)41(34-22-28(2)16-19-29(34)3)26-36(42)40(25-31-14-11-15-32(23-31)46-7)35(37(43)39-38(4,5)6)24-30-12-9-8-10-13-30/h8-23,35H,24-26H2,1-7H3,(H,39,43). The molecule has 2 amide bonds. The Labute approximate surface area is 279 Å². The van der Waals surface area contributed by atoms with Crippen molar-refractivity contribution in [2.75, 3.05) is 18.0 Å². The van der Waals surface area contributed by atoms with E-state index in [1.807, 2.05) is 102 Å². The lowest BCUT2D eigenvalue weighted by Crippen LogP contribution is -2.56. The number of ether oxygens (including phenoxy) is 1. The molecule has 0 spiro atoms. The van der Waals surface area contributed by atoms with Gasteiger partial charge >= 0.3 is 0 Å². The van der Waals surface area contributed by atoms with E-state index in [1.165, 1.54) is 9.21 Å². The van der Waals surface area contributed by atoms with E-state index in [0.29, 0.717) is 17.0 Å². The number of benzene rings is 4. The molecule has 0 saturated carbocycles. The molecule has 0 aliphatic carbocycles. The molecule has 248 valence electrons. The van der Waals surface area contributed by atoms with Gasteiger partial charge in [-0.3, -0.25) is 13.9 Å². The Kier molecular flexibility index (Phi) is 11.1. The Balaban J connectivity index is 1.86. The zero-order valence-electron chi connectivity index (χ0n) is 28.3. The average molecular weight is 656 g/mol. The number of methoxy groups -OCH3 is 1. The topological polar surface area (TPSA) is 96.0 Å². The number of anilines is 1. The minimum Gasteiger partial charge on any atom is -0.497 e. The van der Waals surface area contributed by atoms with Gasteiger partial charge < -0.3 is 15.0 Å². The number of hydrogen-bond acceptors (Lipinski definition) is 5. The molecule has 0 aromatic heterocycles. The molecule has 8 nitrogen and oxygen atoms in total. The van der Waals surface area contributed by atoms with Crippen LogP contribution in [0.15, 0.2) is 102 Å². The van der Waals surface area contributed by atoms with Crippen molar-refractivity contribution in [3.63, 3.8) is 0 Å². The third-order valence-corrected chi connectivity index (χ3v) is 9.55. The summed E-state index contributed by atoms with van der Waals surface area (Å²) in [5.41, 5.74) is 3.89. The number of sulfonamides is 1. The van der Waals surface area contributed by atoms with E-state index in [4.69, 9.17) is 4.74 Å². The minimum atomic E-state index is -4.19. The Bertz CT molecular complexity index is 1800. The minimum absolute atomic E-state index is 0.0519. The summed E-state index contributed by atoms with van der Waals surface area (Å²) in [6.45, 7) is 10.8. The molecule has 1 N–H and O–H groups in total. The van der Waals surface area contributed by atoms with Gasteiger partial charge in [-0.1, -0.05) is 72.3 Å². The highest BCUT2D eigenvalue weighted by atomic mass is 32.2. The Morgan fingerprint density at radius 1 is 0.809 bits per heavy atom. The maximum atomic E-state index is 14.7. The van der Waals surface area contributed by atoms with Gasteiger partial charge in [0.1, 0.15) is 18.3 Å². The molecule has 9 heteroatoms. The summed E-state index contributed by atoms with van der Waals surface area (Å²) in [6.07, 6.45) is 0.229. The number of nitrogens with one attached hydrogen (secondary N) is 1. The number of carbonyl (C=O) groups excluding carboxylic acids is 2. The third kappa shape index (κ3) is 9.23. The van der Waals surface area contributed by atoms with Crippen LogP contribution in [0.5, 0.6) is 5.75 Å². The zero-order chi connectivity index (χ0) is 34.4. The van der Waals surface area contributed by atoms with Crippen molar-refractivity contribution in [2.24, 2.45) is 0 Å². The van der Waals surface area contributed by atoms with Crippen LogP contribution in [0.4, 0.5) is 5.69 Å². The molecular formula is C38H45N3O5S. The molecule has 0 fully saturated rings. The summed E-state index contributed by atoms with van der Waals surface area (Å²) in [7, 11) is -2.63. The van der Waals surface area contributed by atoms with Crippen molar-refractivity contribution < 1.29 is 22.7 Å². The van der Waals surface area contributed by atoms with E-state index < -0.39 is 34.1 Å². The van der Waals surface area contributed by atoms with Crippen LogP contribution in [-0.4, -0.2) is 50.4 Å². The highest BCUT2D eigenvalue weighted by Crippen LogP contribution is 2.29. The van der Waals surface area contributed by atoms with Gasteiger partial charge in [0.05, 0.1) is 17.7 Å². The molecule has 4 rings (SSSR count). The van der Waals surface area contributed by atoms with Gasteiger partial charge in [0, 0.05) is 18.5 Å². The predicted octanol–water partition coefficient (Wildman–Crippen LogP) is 6.37. The molecule has 0 aliphatic rings. The largest absolute Gasteiger partial charge is 0.497 e. The fraction of sp³-hybridized carbons (Fsp3) is 0.316. The van der Waals surface area contributed by atoms with Gasteiger partial charge in [-0.25, -0.2) is 8.42 Å². The molecule has 47 heavy (non-hydrogen) atoms. The van der Waals surface area contributed by atoms with Gasteiger partial charge in [0.2, 0.25) is 11.8 Å². The Morgan fingerprint density at radius 2 is 1.45 bits per heavy atom. The first-order valence-electron chi connectivity index (χ1n) is 15.6. The summed E-state index contributed by atoms with van der Waals surface area (Å²) in [6, 6.07) is 27.9. The number of amides is 2. The SMILES string of the molecule is COc1cccc(CN(C(=O)CN(c2cc(C)ccc2C)S(=O)(=O)c2ccc(C)cc2)C(Cc2ccccc2)C(=O)NC(C)(C)C)c1. The lowest BCUT2D eigenvalue weighted by molar-refractivity contribution is -0.140. The second-order valence-electron chi connectivity index (χ2n) is 12.9. The molecule has 0 heterocycles. The first-order chi connectivity index (χ1) is 22.2. The van der Waals surface area contributed by atoms with E-state index in [-0.39, 0.29) is 23.8 Å². The summed E-state index contributed by atoms with van der Waals surface area (Å²) in [5, 5.41) is 3.06. The van der Waals surface area contributed by atoms with Crippen LogP contribution < -0.4 is 14.4 Å². The monoisotopic (exact) mass is 655 g/mol. The highest BCUT2D eigenvalue weighted by Gasteiger charge is 2.36. The molecule has 1 unspecified atom stereocenters. The van der Waals surface area contributed by atoms with Gasteiger partial charge in [0.15, 0.2) is 0 Å². The quantitative estimate of drug-likeness (QED) is 0.191. The van der Waals surface area contributed by atoms with Gasteiger partial charge in [0.25, 0.3) is 10.0 Å². The normalized spacial score (nSPS) is 12.2. The van der Waals surface area contributed by atoms with Crippen LogP contribution >= 0.6 is 0 Å². The van der Waals surface area contributed by atoms with E-state index >= 15 is 0 Å². The van der Waals surface area contributed by atoms with Crippen molar-refractivity contribution in [1.29, 1.82) is 0 Å². The van der Waals surface area contributed by atoms with Crippen molar-refractivity contribution in [3.8, 4) is 5.75 Å². The molecule has 0 aliphatic heterocycles. The molecular weight excluding hydrogens is 611 g/mol. The first kappa shape index (κ1) is 35.2. The van der Waals surface area contributed by atoms with E-state index in [2.05, 4.69) is 5.32 Å². The molecule has 4 aromatic carbocycles. The summed E-state index contributed by atoms with van der Waals surface area (Å²) >= 11 is 0. The molecule has 0 radical (unpaired) electrons. The maximum absolute atomic E-state index is 14.7. The van der Waals surface area contributed by atoms with Crippen molar-refractivity contribution in [2.45, 2.75) is 71.0 Å². The molecule has 0 bridgehead atoms. The summed E-state index contributed by atoms with van der Waals surface area (Å²) in [5.74, 6) is -0.251. The third-order valence-electron chi connectivity index (χ3n) is 7.78. The number of aryl methyl sites for hydroxylation is 3. The second-order valence-corrected chi connectivity index (χ2v) is 14.8. The van der Waals surface area contributed by atoms with Crippen molar-refractivity contribution in [3.05, 3.63) is 125 Å². The Hall–Kier alpha value is -4.63. The van der Waals surface area contributed by atoms with Crippen molar-refractivity contribution >= 4 is 27.5 Å². The van der Waals surface area contributed by atoms with Crippen LogP contribution in [0.2, 0.25) is 0 Å². The Morgan fingerprint density at radius 3 is 2.09 bits per heavy atom. The van der Waals surface area contributed by atoms with Crippen LogP contribution in [0, 0.1) is 20.8 Å². The van der Waals surface area contributed by atoms with Crippen LogP contribution in [-0.2, 0) is 32.6 Å². The average Bonchev–Trinajstić information content (AvgIpc) is 3.02. The van der Waals surface area contributed by atoms with Crippen LogP contribution in [0.3, 0.4) is 0 Å². The second kappa shape index (κ2) is 14.9. The molecule has 0 saturated heterocycles. The van der Waals surface area contributed by atoms with Gasteiger partial charge in [-0.15, -0.1) is 0 Å². The molecule has 4 aromatic rings. The fourth-order valence-electron chi connectivity index (χ4n) is 5.31. The number of carbonyl (C=O) groups is 2. The van der Waals surface area contributed by atoms with Crippen LogP contribution in [0.25, 0.3) is 0 Å². The highest BCUT2D eigenvalue weighted by molar-refractivity contribution is 7.92. The maximum Gasteiger partial charge on any atom is 0.264 e. The lowest BCUT2D eigenvalue weighted by Gasteiger charge is -2.35. The van der Waals surface area contributed by atoms with Crippen LogP contribution in [0.1, 0.15) is 48.6 Å². The lowest BCUT2D eigenvalue weighted by atomic mass is 10.0. The number of rotatable bonds is 12. The van der Waals surface area contributed by atoms with Crippen molar-refractivity contribution in [1.82, 2.24) is 10.2 Å². The smallest absolute Gasteiger partial charge is 0.264 e. The summed E-state index contributed by atoms with van der Waals surface area (Å²) in [4.78, 5) is 30.4. The predicted molar refractivity (Wildman–Crippen MR) is 187 cm³/mol. The van der Waals surface area contributed by atoms with Gasteiger partial charge in [-0.05, 0) is 94.1 Å². The number of hydrogen-bond donors (Lipinski definition) is 1. The fourth-order valence-corrected chi connectivity index (χ4v) is 6.78. The van der Waals surface area contributed by atoms with E-state index in [9.17, 15) is 18.0 Å². The zero-order valence-corrected chi connectivity index (χ0v) is 29.1. The summed E-state index contributed by atoms with van der Waals surface area (Å²) < 4.78 is 35.3. The first-order valence-corrected chi connectivity index (χ1v) is 17.1. The van der Waals surface area contributed by atoms with E-state index in [0.717, 1.165) is 22.3 Å².